The molecule has 110 valence electrons. The Morgan fingerprint density at radius 3 is 2.67 bits per heavy atom. The van der Waals surface area contributed by atoms with Gasteiger partial charge in [0.05, 0.1) is 13.0 Å². The number of hydrogen-bond acceptors (Lipinski definition) is 3. The summed E-state index contributed by atoms with van der Waals surface area (Å²) < 4.78 is 18.4. The van der Waals surface area contributed by atoms with Gasteiger partial charge in [0.25, 0.3) is 0 Å². The Labute approximate surface area is 122 Å². The van der Waals surface area contributed by atoms with Crippen LogP contribution in [0.1, 0.15) is 18.4 Å². The maximum atomic E-state index is 13.6. The first-order chi connectivity index (χ1) is 10.0. The first kappa shape index (κ1) is 14.8. The molecule has 0 saturated heterocycles. The van der Waals surface area contributed by atoms with Crippen LogP contribution in [0.3, 0.4) is 0 Å². The Hall–Kier alpha value is -2.56. The minimum Gasteiger partial charge on any atom is -0.494 e. The van der Waals surface area contributed by atoms with Gasteiger partial charge in [0.15, 0.2) is 11.6 Å². The monoisotopic (exact) mass is 288 g/mol. The van der Waals surface area contributed by atoms with Gasteiger partial charge in [-0.25, -0.2) is 4.39 Å². The van der Waals surface area contributed by atoms with Crippen LogP contribution in [0.5, 0.6) is 5.75 Å². The predicted molar refractivity (Wildman–Crippen MR) is 80.9 cm³/mol. The van der Waals surface area contributed by atoms with Crippen LogP contribution >= 0.6 is 0 Å². The molecule has 0 saturated carbocycles. The molecule has 2 rings (SSSR count). The molecule has 0 heterocycles. The maximum absolute atomic E-state index is 13.6. The lowest BCUT2D eigenvalue weighted by molar-refractivity contribution is -0.117. The summed E-state index contributed by atoms with van der Waals surface area (Å²) in [5, 5.41) is 2.68. The minimum absolute atomic E-state index is 0.136. The number of rotatable bonds is 4. The highest BCUT2D eigenvalue weighted by Crippen LogP contribution is 2.23. The molecule has 0 aliphatic rings. The lowest BCUT2D eigenvalue weighted by Gasteiger charge is -2.13. The topological polar surface area (TPSA) is 64.3 Å². The lowest BCUT2D eigenvalue weighted by Crippen LogP contribution is -2.19. The summed E-state index contributed by atoms with van der Waals surface area (Å²) in [7, 11) is 1.39. The molecular weight excluding hydrogens is 271 g/mol. The average Bonchev–Trinajstić information content (AvgIpc) is 2.46. The van der Waals surface area contributed by atoms with E-state index in [2.05, 4.69) is 5.32 Å². The first-order valence-electron chi connectivity index (χ1n) is 6.51. The number of nitrogens with one attached hydrogen (secondary N) is 1. The SMILES string of the molecule is COc1ccc(NC(=O)C(C)c2cccc(N)c2)cc1F. The molecule has 4 nitrogen and oxygen atoms in total. The van der Waals surface area contributed by atoms with Crippen molar-refractivity contribution in [2.75, 3.05) is 18.2 Å². The van der Waals surface area contributed by atoms with Crippen LogP contribution in [0.15, 0.2) is 42.5 Å². The second-order valence-electron chi connectivity index (χ2n) is 4.73. The molecule has 0 aliphatic heterocycles. The van der Waals surface area contributed by atoms with Crippen LogP contribution in [0.25, 0.3) is 0 Å². The normalized spacial score (nSPS) is 11.8. The molecule has 0 spiro atoms. The highest BCUT2D eigenvalue weighted by atomic mass is 19.1. The summed E-state index contributed by atoms with van der Waals surface area (Å²) >= 11 is 0. The molecule has 0 radical (unpaired) electrons. The van der Waals surface area contributed by atoms with Crippen LogP contribution in [0.2, 0.25) is 0 Å². The van der Waals surface area contributed by atoms with Gasteiger partial charge in [-0.15, -0.1) is 0 Å². The quantitative estimate of drug-likeness (QED) is 0.849. The van der Waals surface area contributed by atoms with Gasteiger partial charge in [0, 0.05) is 17.4 Å². The number of carbonyl (C=O) groups excluding carboxylic acids is 1. The van der Waals surface area contributed by atoms with Crippen molar-refractivity contribution < 1.29 is 13.9 Å². The second kappa shape index (κ2) is 6.26. The van der Waals surface area contributed by atoms with E-state index in [9.17, 15) is 9.18 Å². The third-order valence-corrected chi connectivity index (χ3v) is 3.22. The number of halogens is 1. The van der Waals surface area contributed by atoms with Gasteiger partial charge in [-0.1, -0.05) is 12.1 Å². The summed E-state index contributed by atoms with van der Waals surface area (Å²) in [5.74, 6) is -1.01. The smallest absolute Gasteiger partial charge is 0.231 e. The molecule has 1 unspecified atom stereocenters. The highest BCUT2D eigenvalue weighted by Gasteiger charge is 2.16. The molecular formula is C16H17FN2O2. The van der Waals surface area contributed by atoms with Gasteiger partial charge in [0.2, 0.25) is 5.91 Å². The Kier molecular flexibility index (Phi) is 4.42. The molecule has 0 bridgehead atoms. The van der Waals surface area contributed by atoms with Crippen LogP contribution in [0.4, 0.5) is 15.8 Å². The Morgan fingerprint density at radius 1 is 1.29 bits per heavy atom. The first-order valence-corrected chi connectivity index (χ1v) is 6.51. The summed E-state index contributed by atoms with van der Waals surface area (Å²) in [4.78, 5) is 12.2. The van der Waals surface area contributed by atoms with Gasteiger partial charge >= 0.3 is 0 Å². The zero-order valence-corrected chi connectivity index (χ0v) is 11.9. The number of benzene rings is 2. The van der Waals surface area contributed by atoms with Crippen molar-refractivity contribution in [3.63, 3.8) is 0 Å². The molecule has 3 N–H and O–H groups in total. The van der Waals surface area contributed by atoms with Gasteiger partial charge in [0.1, 0.15) is 0 Å². The standard InChI is InChI=1S/C16H17FN2O2/c1-10(11-4-3-5-12(18)8-11)16(20)19-13-6-7-15(21-2)14(17)9-13/h3-10H,18H2,1-2H3,(H,19,20). The Balaban J connectivity index is 2.12. The zero-order chi connectivity index (χ0) is 15.4. The third-order valence-electron chi connectivity index (χ3n) is 3.22. The van der Waals surface area contributed by atoms with Crippen LogP contribution < -0.4 is 15.8 Å². The molecule has 0 aromatic heterocycles. The fourth-order valence-electron chi connectivity index (χ4n) is 1.97. The van der Waals surface area contributed by atoms with Crippen molar-refractivity contribution in [1.82, 2.24) is 0 Å². The summed E-state index contributed by atoms with van der Waals surface area (Å²) in [5.41, 5.74) is 7.50. The van der Waals surface area contributed by atoms with Crippen molar-refractivity contribution in [2.45, 2.75) is 12.8 Å². The van der Waals surface area contributed by atoms with E-state index in [1.807, 2.05) is 6.07 Å². The predicted octanol–water partition coefficient (Wildman–Crippen LogP) is 3.16. The van der Waals surface area contributed by atoms with Gasteiger partial charge < -0.3 is 15.8 Å². The molecule has 5 heteroatoms. The van der Waals surface area contributed by atoms with Gasteiger partial charge in [-0.2, -0.15) is 0 Å². The molecule has 2 aromatic rings. The largest absolute Gasteiger partial charge is 0.494 e. The van der Waals surface area contributed by atoms with Crippen molar-refractivity contribution in [3.05, 3.63) is 53.8 Å². The average molecular weight is 288 g/mol. The summed E-state index contributed by atoms with van der Waals surface area (Å²) in [6.45, 7) is 1.77. The van der Waals surface area contributed by atoms with Crippen molar-refractivity contribution in [3.8, 4) is 5.75 Å². The molecule has 0 fully saturated rings. The van der Waals surface area contributed by atoms with E-state index in [0.717, 1.165) is 5.56 Å². The fourth-order valence-corrected chi connectivity index (χ4v) is 1.97. The molecule has 0 aliphatic carbocycles. The molecule has 1 amide bonds. The van der Waals surface area contributed by atoms with E-state index in [0.29, 0.717) is 11.4 Å². The van der Waals surface area contributed by atoms with E-state index in [-0.39, 0.29) is 11.7 Å². The van der Waals surface area contributed by atoms with Gasteiger partial charge in [-0.3, -0.25) is 4.79 Å². The van der Waals surface area contributed by atoms with Crippen LogP contribution in [-0.2, 0) is 4.79 Å². The highest BCUT2D eigenvalue weighted by molar-refractivity contribution is 5.95. The third kappa shape index (κ3) is 3.51. The minimum atomic E-state index is -0.521. The van der Waals surface area contributed by atoms with Crippen molar-refractivity contribution >= 4 is 17.3 Å². The lowest BCUT2D eigenvalue weighted by atomic mass is 10.00. The van der Waals surface area contributed by atoms with Crippen LogP contribution in [0, 0.1) is 5.82 Å². The second-order valence-corrected chi connectivity index (χ2v) is 4.73. The number of hydrogen-bond donors (Lipinski definition) is 2. The number of nitrogens with two attached hydrogens (primary N) is 1. The van der Waals surface area contributed by atoms with Crippen molar-refractivity contribution in [2.24, 2.45) is 0 Å². The van der Waals surface area contributed by atoms with Crippen molar-refractivity contribution in [1.29, 1.82) is 0 Å². The number of methoxy groups -OCH3 is 1. The van der Waals surface area contributed by atoms with E-state index in [1.165, 1.54) is 19.2 Å². The van der Waals surface area contributed by atoms with E-state index in [4.69, 9.17) is 10.5 Å². The number of nitrogen functional groups attached to an aromatic ring is 1. The number of ether oxygens (including phenoxy) is 1. The molecule has 21 heavy (non-hydrogen) atoms. The fraction of sp³-hybridized carbons (Fsp3) is 0.188. The van der Waals surface area contributed by atoms with E-state index in [1.54, 1.807) is 31.2 Å². The maximum Gasteiger partial charge on any atom is 0.231 e. The molecule has 2 aromatic carbocycles. The number of anilines is 2. The van der Waals surface area contributed by atoms with E-state index < -0.39 is 11.7 Å². The Morgan fingerprint density at radius 2 is 2.05 bits per heavy atom. The molecule has 1 atom stereocenters. The zero-order valence-electron chi connectivity index (χ0n) is 11.9. The summed E-state index contributed by atoms with van der Waals surface area (Å²) in [6.07, 6.45) is 0. The number of amides is 1. The Bertz CT molecular complexity index is 658. The van der Waals surface area contributed by atoms with Crippen LogP contribution in [-0.4, -0.2) is 13.0 Å². The number of carbonyl (C=O) groups is 1. The van der Waals surface area contributed by atoms with E-state index >= 15 is 0 Å². The van der Waals surface area contributed by atoms with Gasteiger partial charge in [-0.05, 0) is 36.8 Å². The summed E-state index contributed by atoms with van der Waals surface area (Å²) in [6, 6.07) is 11.4.